The van der Waals surface area contributed by atoms with E-state index in [1.807, 2.05) is 4.94 Å². The fourth-order valence-electron chi connectivity index (χ4n) is 0.451. The summed E-state index contributed by atoms with van der Waals surface area (Å²) in [6.45, 7) is 2.44. The van der Waals surface area contributed by atoms with E-state index in [0.29, 0.717) is 26.2 Å². The van der Waals surface area contributed by atoms with Gasteiger partial charge in [0.05, 0.1) is 19.9 Å². The molecule has 0 aliphatic heterocycles. The van der Waals surface area contributed by atoms with Gasteiger partial charge in [0.15, 0.2) is 6.86 Å². The normalized spacial score (nSPS) is 8.70. The summed E-state index contributed by atoms with van der Waals surface area (Å²) in [5.41, 5.74) is 0. The van der Waals surface area contributed by atoms with Gasteiger partial charge in [-0.3, -0.25) is 4.39 Å². The molecular formula is C12H21F7O4. The molecule has 0 saturated carbocycles. The van der Waals surface area contributed by atoms with Crippen molar-refractivity contribution in [2.75, 3.05) is 40.2 Å². The van der Waals surface area contributed by atoms with E-state index < -0.39 is 20.3 Å². The molecule has 0 atom stereocenters. The second-order valence-corrected chi connectivity index (χ2v) is 2.74. The predicted octanol–water partition coefficient (Wildman–Crippen LogP) is 4.59. The van der Waals surface area contributed by atoms with Crippen LogP contribution in [0.5, 0.6) is 0 Å². The van der Waals surface area contributed by atoms with Crippen LogP contribution in [0.1, 0.15) is 6.42 Å². The summed E-state index contributed by atoms with van der Waals surface area (Å²) in [5.74, 6) is 0. The van der Waals surface area contributed by atoms with Gasteiger partial charge < -0.3 is 9.47 Å². The molecule has 0 aromatic heterocycles. The van der Waals surface area contributed by atoms with Crippen LogP contribution in [0.3, 0.4) is 0 Å². The van der Waals surface area contributed by atoms with Crippen molar-refractivity contribution in [3.05, 3.63) is 25.3 Å². The summed E-state index contributed by atoms with van der Waals surface area (Å²) in [6, 6.07) is 0. The molecule has 0 fully saturated rings. The topological polar surface area (TPSA) is 36.9 Å². The van der Waals surface area contributed by atoms with Gasteiger partial charge in [-0.2, -0.15) is 13.7 Å². The highest BCUT2D eigenvalue weighted by Gasteiger charge is 1.95. The van der Waals surface area contributed by atoms with E-state index in [9.17, 15) is 31.0 Å². The quantitative estimate of drug-likeness (QED) is 0.324. The van der Waals surface area contributed by atoms with E-state index in [2.05, 4.69) is 22.8 Å². The number of rotatable bonds is 10. The second-order valence-electron chi connectivity index (χ2n) is 2.74. The average molecular weight is 362 g/mol. The summed E-state index contributed by atoms with van der Waals surface area (Å²) >= 11 is 0. The van der Waals surface area contributed by atoms with Gasteiger partial charge in [0.25, 0.3) is 0 Å². The van der Waals surface area contributed by atoms with Crippen molar-refractivity contribution in [1.82, 2.24) is 0 Å². The van der Waals surface area contributed by atoms with Crippen molar-refractivity contribution >= 4 is 0 Å². The van der Waals surface area contributed by atoms with Crippen LogP contribution >= 0.6 is 0 Å². The first-order valence-corrected chi connectivity index (χ1v) is 5.86. The Kier molecular flexibility index (Phi) is 48.2. The van der Waals surface area contributed by atoms with E-state index >= 15 is 0 Å². The third kappa shape index (κ3) is 76.4. The Balaban J connectivity index is -0.000000108. The van der Waals surface area contributed by atoms with E-state index in [1.165, 1.54) is 6.08 Å². The van der Waals surface area contributed by atoms with E-state index in [4.69, 9.17) is 4.74 Å². The van der Waals surface area contributed by atoms with Crippen molar-refractivity contribution < 1.29 is 50.4 Å². The molecule has 0 aromatic carbocycles. The molecular weight excluding hydrogens is 341 g/mol. The second kappa shape index (κ2) is 37.2. The first kappa shape index (κ1) is 29.8. The molecule has 0 saturated heterocycles. The molecule has 0 N–H and O–H groups in total. The molecule has 0 heterocycles. The molecule has 0 bridgehead atoms. The van der Waals surface area contributed by atoms with Crippen molar-refractivity contribution in [1.29, 1.82) is 0 Å². The molecule has 0 unspecified atom stereocenters. The number of alkyl halides is 5. The zero-order chi connectivity index (χ0) is 18.8. The molecule has 0 radical (unpaired) electrons. The van der Waals surface area contributed by atoms with Crippen molar-refractivity contribution in [2.24, 2.45) is 0 Å². The van der Waals surface area contributed by atoms with Crippen LogP contribution in [0.25, 0.3) is 0 Å². The Hall–Kier alpha value is -1.17. The lowest BCUT2D eigenvalue weighted by Gasteiger charge is -1.94. The first-order chi connectivity index (χ1) is 11.0. The maximum absolute atomic E-state index is 11.3. The van der Waals surface area contributed by atoms with Gasteiger partial charge in [0, 0.05) is 6.61 Å². The van der Waals surface area contributed by atoms with Gasteiger partial charge in [0.2, 0.25) is 6.86 Å². The summed E-state index contributed by atoms with van der Waals surface area (Å²) in [7, 11) is 0. The number of hydrogen-bond acceptors (Lipinski definition) is 4. The molecule has 0 rings (SSSR count). The summed E-state index contributed by atoms with van der Waals surface area (Å²) in [5, 5.41) is 0. The van der Waals surface area contributed by atoms with Crippen LogP contribution in [-0.4, -0.2) is 46.8 Å². The Morgan fingerprint density at radius 2 is 1.30 bits per heavy atom. The minimum atomic E-state index is -3.28. The summed E-state index contributed by atoms with van der Waals surface area (Å²) in [6.07, 6.45) is 3.64. The maximum atomic E-state index is 11.3. The molecule has 4 nitrogen and oxygen atoms in total. The van der Waals surface area contributed by atoms with Gasteiger partial charge in [-0.25, -0.2) is 8.78 Å². The highest BCUT2D eigenvalue weighted by atomic mass is 19.4. The molecule has 0 aliphatic carbocycles. The summed E-state index contributed by atoms with van der Waals surface area (Å²) in [4.78, 5) is 4.29. The van der Waals surface area contributed by atoms with Gasteiger partial charge in [-0.1, -0.05) is 12.2 Å². The Morgan fingerprint density at radius 3 is 1.52 bits per heavy atom. The van der Waals surface area contributed by atoms with E-state index in [-0.39, 0.29) is 6.67 Å². The van der Waals surface area contributed by atoms with Crippen LogP contribution in [-0.2, 0) is 19.4 Å². The Morgan fingerprint density at radius 1 is 0.870 bits per heavy atom. The van der Waals surface area contributed by atoms with Crippen molar-refractivity contribution in [3.63, 3.8) is 0 Å². The molecule has 0 aliphatic rings. The fraction of sp³-hybridized carbons (Fsp3) is 0.667. The molecule has 23 heavy (non-hydrogen) atoms. The van der Waals surface area contributed by atoms with Crippen molar-refractivity contribution in [2.45, 2.75) is 13.0 Å². The Labute approximate surface area is 130 Å². The fourth-order valence-corrected chi connectivity index (χ4v) is 0.451. The predicted molar refractivity (Wildman–Crippen MR) is 70.1 cm³/mol. The van der Waals surface area contributed by atoms with Gasteiger partial charge in [-0.05, 0) is 15.5 Å². The third-order valence-corrected chi connectivity index (χ3v) is 1.08. The van der Waals surface area contributed by atoms with Gasteiger partial charge >= 0.3 is 6.61 Å². The maximum Gasteiger partial charge on any atom is 0.376 e. The van der Waals surface area contributed by atoms with Crippen LogP contribution in [0.2, 0.25) is 0 Å². The third-order valence-electron chi connectivity index (χ3n) is 1.08. The monoisotopic (exact) mass is 362 g/mol. The molecule has 0 amide bonds. The minimum absolute atomic E-state index is 0.295. The minimum Gasteiger partial charge on any atom is -0.377 e. The largest absolute Gasteiger partial charge is 0.377 e. The van der Waals surface area contributed by atoms with Crippen LogP contribution in [0, 0.1) is 0 Å². The van der Waals surface area contributed by atoms with Crippen LogP contribution in [0.4, 0.5) is 31.0 Å². The highest BCUT2D eigenvalue weighted by Crippen LogP contribution is 1.91. The molecule has 11 heteroatoms. The lowest BCUT2D eigenvalue weighted by atomic mass is 10.5. The van der Waals surface area contributed by atoms with Gasteiger partial charge in [0.1, 0.15) is 0 Å². The zero-order valence-electron chi connectivity index (χ0n) is 12.4. The van der Waals surface area contributed by atoms with E-state index in [0.717, 1.165) is 0 Å². The average Bonchev–Trinajstić information content (AvgIpc) is 2.58. The zero-order valence-corrected chi connectivity index (χ0v) is 12.4. The van der Waals surface area contributed by atoms with Crippen LogP contribution in [0.15, 0.2) is 25.3 Å². The highest BCUT2D eigenvalue weighted by molar-refractivity contribution is 4.63. The molecule has 0 spiro atoms. The summed E-state index contributed by atoms with van der Waals surface area (Å²) < 4.78 is 81.5. The van der Waals surface area contributed by atoms with Crippen molar-refractivity contribution in [3.8, 4) is 0 Å². The Bertz CT molecular complexity index is 198. The standard InChI is InChI=1S/C6H11FO.C4H7FO.CHF3O.CH2F2O/c1-2-5-8-6-3-4-7;1-2-3-6-4-5;2-1(3)5-4;2-1-4-3/h2H,1,3-6H2;2H,1,3-4H2;1H;1H2. The smallest absolute Gasteiger partial charge is 0.376 e. The number of halogens is 7. The number of hydrogen-bond donors (Lipinski definition) is 0. The van der Waals surface area contributed by atoms with Crippen LogP contribution < -0.4 is 0 Å². The molecule has 0 aromatic rings. The lowest BCUT2D eigenvalue weighted by Crippen LogP contribution is -1.93. The SMILES string of the molecule is C=CCOCCCF.C=CCOCF.FCOF.FOC(F)F. The van der Waals surface area contributed by atoms with Gasteiger partial charge in [-0.15, -0.1) is 18.1 Å². The molecule has 142 valence electrons. The first-order valence-electron chi connectivity index (χ1n) is 5.86. The number of ether oxygens (including phenoxy) is 2. The lowest BCUT2D eigenvalue weighted by molar-refractivity contribution is -0.276. The van der Waals surface area contributed by atoms with E-state index in [1.54, 1.807) is 6.08 Å².